The van der Waals surface area contributed by atoms with E-state index in [2.05, 4.69) is 5.32 Å². The monoisotopic (exact) mass is 410 g/mol. The van der Waals surface area contributed by atoms with Crippen molar-refractivity contribution < 1.29 is 17.6 Å². The first-order valence-electron chi connectivity index (χ1n) is 8.63. The second-order valence-electron chi connectivity index (χ2n) is 6.54. The Balaban J connectivity index is 1.66. The van der Waals surface area contributed by atoms with Gasteiger partial charge in [0.2, 0.25) is 15.9 Å². The summed E-state index contributed by atoms with van der Waals surface area (Å²) in [5, 5.41) is 3.13. The number of carbonyl (C=O) groups excluding carboxylic acids is 1. The van der Waals surface area contributed by atoms with Crippen LogP contribution in [-0.2, 0) is 20.6 Å². The van der Waals surface area contributed by atoms with E-state index in [1.54, 1.807) is 24.3 Å². The zero-order valence-corrected chi connectivity index (χ0v) is 16.1. The average Bonchev–Trinajstić information content (AvgIpc) is 2.65. The first-order chi connectivity index (χ1) is 12.8. The van der Waals surface area contributed by atoms with Crippen LogP contribution in [-0.4, -0.2) is 31.7 Å². The average molecular weight is 411 g/mol. The molecule has 1 aliphatic rings. The number of piperidine rings is 1. The van der Waals surface area contributed by atoms with Crippen molar-refractivity contribution in [2.45, 2.75) is 18.6 Å². The van der Waals surface area contributed by atoms with E-state index in [-0.39, 0.29) is 24.0 Å². The van der Waals surface area contributed by atoms with Crippen LogP contribution in [0.4, 0.5) is 10.1 Å². The summed E-state index contributed by atoms with van der Waals surface area (Å²) < 4.78 is 39.9. The van der Waals surface area contributed by atoms with Crippen LogP contribution < -0.4 is 5.32 Å². The van der Waals surface area contributed by atoms with E-state index in [1.807, 2.05) is 0 Å². The number of carbonyl (C=O) groups is 1. The van der Waals surface area contributed by atoms with Crippen molar-refractivity contribution in [2.75, 3.05) is 18.4 Å². The first kappa shape index (κ1) is 19.8. The van der Waals surface area contributed by atoms with Gasteiger partial charge in [0.15, 0.2) is 0 Å². The molecule has 3 rings (SSSR count). The van der Waals surface area contributed by atoms with E-state index < -0.39 is 15.9 Å². The number of benzene rings is 2. The Morgan fingerprint density at radius 1 is 1.19 bits per heavy atom. The number of nitrogens with one attached hydrogen (secondary N) is 1. The number of hydrogen-bond acceptors (Lipinski definition) is 3. The van der Waals surface area contributed by atoms with E-state index in [9.17, 15) is 17.6 Å². The lowest BCUT2D eigenvalue weighted by Gasteiger charge is -2.31. The minimum Gasteiger partial charge on any atom is -0.326 e. The van der Waals surface area contributed by atoms with Gasteiger partial charge < -0.3 is 5.32 Å². The molecule has 0 spiro atoms. The summed E-state index contributed by atoms with van der Waals surface area (Å²) in [5.74, 6) is -1.30. The van der Waals surface area contributed by atoms with Crippen LogP contribution in [0.25, 0.3) is 0 Å². The molecule has 1 heterocycles. The van der Waals surface area contributed by atoms with Gasteiger partial charge in [0.05, 0.1) is 11.7 Å². The Hall–Kier alpha value is -1.96. The van der Waals surface area contributed by atoms with Crippen LogP contribution >= 0.6 is 11.6 Å². The maximum absolute atomic E-state index is 13.0. The summed E-state index contributed by atoms with van der Waals surface area (Å²) in [6, 6.07) is 12.3. The molecule has 2 aromatic rings. The standard InChI is InChI=1S/C19H20ClFN2O3S/c20-18-6-2-1-4-15(18)13-27(25,26)23-11-3-5-14(12-23)19(24)22-17-9-7-16(21)8-10-17/h1-2,4,6-10,14H,3,5,11-13H2,(H,22,24)/t14-/m1/s1. The topological polar surface area (TPSA) is 66.5 Å². The molecule has 144 valence electrons. The predicted octanol–water partition coefficient (Wildman–Crippen LogP) is 3.66. The minimum atomic E-state index is -3.58. The highest BCUT2D eigenvalue weighted by Gasteiger charge is 2.32. The van der Waals surface area contributed by atoms with Crippen molar-refractivity contribution >= 4 is 33.2 Å². The molecule has 0 unspecified atom stereocenters. The van der Waals surface area contributed by atoms with Crippen molar-refractivity contribution in [1.82, 2.24) is 4.31 Å². The van der Waals surface area contributed by atoms with Crippen LogP contribution in [0, 0.1) is 11.7 Å². The molecule has 0 aliphatic carbocycles. The second-order valence-corrected chi connectivity index (χ2v) is 8.92. The molecule has 1 aliphatic heterocycles. The lowest BCUT2D eigenvalue weighted by molar-refractivity contribution is -0.120. The normalized spacial score (nSPS) is 18.2. The third-order valence-electron chi connectivity index (χ3n) is 4.56. The molecule has 0 radical (unpaired) electrons. The molecule has 27 heavy (non-hydrogen) atoms. The smallest absolute Gasteiger partial charge is 0.228 e. The highest BCUT2D eigenvalue weighted by atomic mass is 35.5. The molecule has 8 heteroatoms. The molecule has 1 saturated heterocycles. The van der Waals surface area contributed by atoms with Gasteiger partial charge >= 0.3 is 0 Å². The lowest BCUT2D eigenvalue weighted by atomic mass is 9.99. The molecular weight excluding hydrogens is 391 g/mol. The van der Waals surface area contributed by atoms with E-state index in [0.29, 0.717) is 35.7 Å². The van der Waals surface area contributed by atoms with Gasteiger partial charge in [-0.15, -0.1) is 0 Å². The van der Waals surface area contributed by atoms with Gasteiger partial charge in [0.1, 0.15) is 5.82 Å². The minimum absolute atomic E-state index is 0.125. The number of hydrogen-bond donors (Lipinski definition) is 1. The fourth-order valence-electron chi connectivity index (χ4n) is 3.09. The third-order valence-corrected chi connectivity index (χ3v) is 6.72. The van der Waals surface area contributed by atoms with Crippen molar-refractivity contribution in [1.29, 1.82) is 0 Å². The first-order valence-corrected chi connectivity index (χ1v) is 10.6. The Morgan fingerprint density at radius 3 is 2.59 bits per heavy atom. The van der Waals surface area contributed by atoms with Gasteiger partial charge in [-0.3, -0.25) is 4.79 Å². The van der Waals surface area contributed by atoms with Gasteiger partial charge in [-0.1, -0.05) is 29.8 Å². The molecular formula is C19H20ClFN2O3S. The van der Waals surface area contributed by atoms with Crippen LogP contribution in [0.1, 0.15) is 18.4 Å². The number of sulfonamides is 1. The fraction of sp³-hybridized carbons (Fsp3) is 0.316. The maximum atomic E-state index is 13.0. The summed E-state index contributed by atoms with van der Waals surface area (Å²) in [5.41, 5.74) is 1.02. The van der Waals surface area contributed by atoms with Gasteiger partial charge in [-0.25, -0.2) is 17.1 Å². The number of rotatable bonds is 5. The van der Waals surface area contributed by atoms with E-state index in [1.165, 1.54) is 28.6 Å². The highest BCUT2D eigenvalue weighted by Crippen LogP contribution is 2.25. The van der Waals surface area contributed by atoms with Gasteiger partial charge in [0.25, 0.3) is 0 Å². The number of nitrogens with zero attached hydrogens (tertiary/aromatic N) is 1. The van der Waals surface area contributed by atoms with Crippen LogP contribution in [0.15, 0.2) is 48.5 Å². The molecule has 0 aromatic heterocycles. The van der Waals surface area contributed by atoms with Crippen LogP contribution in [0.3, 0.4) is 0 Å². The highest BCUT2D eigenvalue weighted by molar-refractivity contribution is 7.88. The zero-order valence-electron chi connectivity index (χ0n) is 14.6. The Kier molecular flexibility index (Phi) is 6.14. The summed E-state index contributed by atoms with van der Waals surface area (Å²) in [7, 11) is -3.58. The lowest BCUT2D eigenvalue weighted by Crippen LogP contribution is -2.44. The van der Waals surface area contributed by atoms with Gasteiger partial charge in [-0.2, -0.15) is 0 Å². The molecule has 1 N–H and O–H groups in total. The Bertz CT molecular complexity index is 919. The predicted molar refractivity (Wildman–Crippen MR) is 103 cm³/mol. The summed E-state index contributed by atoms with van der Waals surface area (Å²) in [6.07, 6.45) is 1.20. The third kappa shape index (κ3) is 5.06. The SMILES string of the molecule is O=C(Nc1ccc(F)cc1)[C@@H]1CCCN(S(=O)(=O)Cc2ccccc2Cl)C1. The van der Waals surface area contributed by atoms with E-state index in [0.717, 1.165) is 0 Å². The zero-order chi connectivity index (χ0) is 19.4. The molecule has 5 nitrogen and oxygen atoms in total. The van der Waals surface area contributed by atoms with Crippen LogP contribution in [0.5, 0.6) is 0 Å². The van der Waals surface area contributed by atoms with Gasteiger partial charge in [-0.05, 0) is 48.7 Å². The Morgan fingerprint density at radius 2 is 1.89 bits per heavy atom. The number of anilines is 1. The Labute approximate surface area is 163 Å². The quantitative estimate of drug-likeness (QED) is 0.818. The molecule has 2 aromatic carbocycles. The molecule has 0 bridgehead atoms. The van der Waals surface area contributed by atoms with Crippen molar-refractivity contribution in [3.05, 3.63) is 64.9 Å². The molecule has 1 atom stereocenters. The summed E-state index contributed by atoms with van der Waals surface area (Å²) in [4.78, 5) is 12.5. The second kappa shape index (κ2) is 8.37. The van der Waals surface area contributed by atoms with Crippen molar-refractivity contribution in [3.63, 3.8) is 0 Å². The molecule has 0 saturated carbocycles. The van der Waals surface area contributed by atoms with Crippen molar-refractivity contribution in [2.24, 2.45) is 5.92 Å². The van der Waals surface area contributed by atoms with Crippen LogP contribution in [0.2, 0.25) is 5.02 Å². The van der Waals surface area contributed by atoms with E-state index >= 15 is 0 Å². The van der Waals surface area contributed by atoms with E-state index in [4.69, 9.17) is 11.6 Å². The van der Waals surface area contributed by atoms with Crippen molar-refractivity contribution in [3.8, 4) is 0 Å². The number of amides is 1. The molecule has 1 amide bonds. The van der Waals surface area contributed by atoms with Gasteiger partial charge in [0, 0.05) is 23.8 Å². The number of halogens is 2. The fourth-order valence-corrected chi connectivity index (χ4v) is 5.01. The maximum Gasteiger partial charge on any atom is 0.228 e. The summed E-state index contributed by atoms with van der Waals surface area (Å²) in [6.45, 7) is 0.507. The molecule has 1 fully saturated rings. The largest absolute Gasteiger partial charge is 0.326 e. The summed E-state index contributed by atoms with van der Waals surface area (Å²) >= 11 is 6.08.